The van der Waals surface area contributed by atoms with Crippen LogP contribution in [0, 0.1) is 5.92 Å². The standard InChI is InChI=1S/C15H23N3/c1-3-12(8-16-2)9-17-10-13-11-18-15-7-5-4-6-14(13)15/h4-7,11-12,16-18H,3,8-10H2,1-2H3. The number of para-hydroxylation sites is 1. The number of rotatable bonds is 7. The molecule has 0 aliphatic carbocycles. The smallest absolute Gasteiger partial charge is 0.0457 e. The highest BCUT2D eigenvalue weighted by Crippen LogP contribution is 2.17. The minimum absolute atomic E-state index is 0.709. The van der Waals surface area contributed by atoms with Crippen molar-refractivity contribution in [1.82, 2.24) is 15.6 Å². The Hall–Kier alpha value is -1.32. The summed E-state index contributed by atoms with van der Waals surface area (Å²) in [6, 6.07) is 8.45. The van der Waals surface area contributed by atoms with Gasteiger partial charge in [0.15, 0.2) is 0 Å². The van der Waals surface area contributed by atoms with Crippen molar-refractivity contribution in [3.8, 4) is 0 Å². The molecule has 0 bridgehead atoms. The van der Waals surface area contributed by atoms with Crippen LogP contribution in [0.25, 0.3) is 10.9 Å². The Kier molecular flexibility index (Phi) is 4.79. The Bertz CT molecular complexity index is 475. The Balaban J connectivity index is 1.90. The Morgan fingerprint density at radius 2 is 2.06 bits per heavy atom. The van der Waals surface area contributed by atoms with E-state index in [9.17, 15) is 0 Å². The molecule has 1 atom stereocenters. The van der Waals surface area contributed by atoms with Crippen molar-refractivity contribution >= 4 is 10.9 Å². The van der Waals surface area contributed by atoms with Crippen molar-refractivity contribution in [2.24, 2.45) is 5.92 Å². The lowest BCUT2D eigenvalue weighted by Crippen LogP contribution is -2.29. The van der Waals surface area contributed by atoms with Crippen molar-refractivity contribution in [3.63, 3.8) is 0 Å². The van der Waals surface area contributed by atoms with Crippen LogP contribution < -0.4 is 10.6 Å². The lowest BCUT2D eigenvalue weighted by atomic mass is 10.1. The molecule has 0 aliphatic rings. The molecular weight excluding hydrogens is 222 g/mol. The number of hydrogen-bond acceptors (Lipinski definition) is 2. The molecule has 0 aliphatic heterocycles. The van der Waals surface area contributed by atoms with Crippen LogP contribution in [0.3, 0.4) is 0 Å². The van der Waals surface area contributed by atoms with Gasteiger partial charge in [0.05, 0.1) is 0 Å². The van der Waals surface area contributed by atoms with Crippen molar-refractivity contribution in [3.05, 3.63) is 36.0 Å². The van der Waals surface area contributed by atoms with E-state index in [0.29, 0.717) is 5.92 Å². The van der Waals surface area contributed by atoms with E-state index in [-0.39, 0.29) is 0 Å². The van der Waals surface area contributed by atoms with Crippen molar-refractivity contribution in [2.45, 2.75) is 19.9 Å². The molecule has 1 aromatic carbocycles. The first-order valence-corrected chi connectivity index (χ1v) is 6.75. The van der Waals surface area contributed by atoms with E-state index in [0.717, 1.165) is 19.6 Å². The van der Waals surface area contributed by atoms with Gasteiger partial charge in [0.25, 0.3) is 0 Å². The van der Waals surface area contributed by atoms with E-state index >= 15 is 0 Å². The van der Waals surface area contributed by atoms with E-state index in [1.807, 2.05) is 7.05 Å². The van der Waals surface area contributed by atoms with Gasteiger partial charge < -0.3 is 15.6 Å². The molecular formula is C15H23N3. The third-order valence-corrected chi connectivity index (χ3v) is 3.49. The molecule has 0 amide bonds. The maximum atomic E-state index is 3.56. The summed E-state index contributed by atoms with van der Waals surface area (Å²) in [6.07, 6.45) is 3.32. The first-order chi connectivity index (χ1) is 8.85. The molecule has 0 radical (unpaired) electrons. The monoisotopic (exact) mass is 245 g/mol. The molecule has 3 N–H and O–H groups in total. The van der Waals surface area contributed by atoms with Crippen molar-refractivity contribution in [2.75, 3.05) is 20.1 Å². The fourth-order valence-electron chi connectivity index (χ4n) is 2.34. The van der Waals surface area contributed by atoms with Crippen LogP contribution in [0.5, 0.6) is 0 Å². The second kappa shape index (κ2) is 6.57. The van der Waals surface area contributed by atoms with E-state index in [1.54, 1.807) is 0 Å². The van der Waals surface area contributed by atoms with Crippen molar-refractivity contribution < 1.29 is 0 Å². The SMILES string of the molecule is CCC(CNC)CNCc1c[nH]c2ccccc12. The van der Waals surface area contributed by atoms with Gasteiger partial charge in [-0.2, -0.15) is 0 Å². The zero-order valence-corrected chi connectivity index (χ0v) is 11.3. The normalized spacial score (nSPS) is 13.0. The maximum absolute atomic E-state index is 3.56. The van der Waals surface area contributed by atoms with Gasteiger partial charge in [0, 0.05) is 23.6 Å². The lowest BCUT2D eigenvalue weighted by Gasteiger charge is -2.14. The zero-order valence-electron chi connectivity index (χ0n) is 11.3. The minimum atomic E-state index is 0.709. The maximum Gasteiger partial charge on any atom is 0.0457 e. The molecule has 0 saturated heterocycles. The first-order valence-electron chi connectivity index (χ1n) is 6.75. The Morgan fingerprint density at radius 3 is 2.83 bits per heavy atom. The predicted octanol–water partition coefficient (Wildman–Crippen LogP) is 2.50. The molecule has 0 spiro atoms. The fraction of sp³-hybridized carbons (Fsp3) is 0.467. The van der Waals surface area contributed by atoms with Gasteiger partial charge in [-0.1, -0.05) is 31.5 Å². The van der Waals surface area contributed by atoms with Gasteiger partial charge in [-0.15, -0.1) is 0 Å². The summed E-state index contributed by atoms with van der Waals surface area (Å²) in [7, 11) is 2.02. The molecule has 3 heteroatoms. The highest BCUT2D eigenvalue weighted by molar-refractivity contribution is 5.82. The largest absolute Gasteiger partial charge is 0.361 e. The van der Waals surface area contributed by atoms with E-state index in [4.69, 9.17) is 0 Å². The van der Waals surface area contributed by atoms with Crippen LogP contribution in [-0.4, -0.2) is 25.1 Å². The highest BCUT2D eigenvalue weighted by Gasteiger charge is 2.06. The summed E-state index contributed by atoms with van der Waals surface area (Å²) >= 11 is 0. The van der Waals surface area contributed by atoms with Crippen LogP contribution in [0.2, 0.25) is 0 Å². The number of nitrogens with one attached hydrogen (secondary N) is 3. The van der Waals surface area contributed by atoms with Gasteiger partial charge in [0.1, 0.15) is 0 Å². The summed E-state index contributed by atoms with van der Waals surface area (Å²) in [6.45, 7) is 5.33. The van der Waals surface area contributed by atoms with E-state index < -0.39 is 0 Å². The molecule has 3 nitrogen and oxygen atoms in total. The van der Waals surface area contributed by atoms with Crippen molar-refractivity contribution in [1.29, 1.82) is 0 Å². The van der Waals surface area contributed by atoms with Gasteiger partial charge in [0.2, 0.25) is 0 Å². The van der Waals surface area contributed by atoms with Gasteiger partial charge in [-0.05, 0) is 37.7 Å². The molecule has 1 aromatic heterocycles. The minimum Gasteiger partial charge on any atom is -0.361 e. The van der Waals surface area contributed by atoms with Crippen LogP contribution in [0.15, 0.2) is 30.5 Å². The molecule has 1 unspecified atom stereocenters. The third kappa shape index (κ3) is 3.12. The summed E-state index contributed by atoms with van der Waals surface area (Å²) in [5.41, 5.74) is 2.57. The van der Waals surface area contributed by atoms with Gasteiger partial charge in [-0.25, -0.2) is 0 Å². The Labute approximate surface area is 109 Å². The summed E-state index contributed by atoms with van der Waals surface area (Å²) in [5, 5.41) is 8.13. The zero-order chi connectivity index (χ0) is 12.8. The predicted molar refractivity (Wildman–Crippen MR) is 77.7 cm³/mol. The summed E-state index contributed by atoms with van der Waals surface area (Å²) in [5.74, 6) is 0.709. The first kappa shape index (κ1) is 13.1. The molecule has 2 rings (SSSR count). The number of benzene rings is 1. The highest BCUT2D eigenvalue weighted by atomic mass is 14.9. The summed E-state index contributed by atoms with van der Waals surface area (Å²) < 4.78 is 0. The number of fused-ring (bicyclic) bond motifs is 1. The second-order valence-electron chi connectivity index (χ2n) is 4.82. The number of hydrogen-bond donors (Lipinski definition) is 3. The number of aromatic nitrogens is 1. The van der Waals surface area contributed by atoms with Crippen LogP contribution in [0.4, 0.5) is 0 Å². The Morgan fingerprint density at radius 1 is 1.22 bits per heavy atom. The summed E-state index contributed by atoms with van der Waals surface area (Å²) in [4.78, 5) is 3.31. The van der Waals surface area contributed by atoms with E-state index in [1.165, 1.54) is 22.9 Å². The molecule has 2 aromatic rings. The molecule has 18 heavy (non-hydrogen) atoms. The average Bonchev–Trinajstić information content (AvgIpc) is 2.81. The molecule has 1 heterocycles. The average molecular weight is 245 g/mol. The topological polar surface area (TPSA) is 39.8 Å². The van der Waals surface area contributed by atoms with Crippen LogP contribution in [-0.2, 0) is 6.54 Å². The molecule has 0 saturated carbocycles. The quantitative estimate of drug-likeness (QED) is 0.701. The van der Waals surface area contributed by atoms with Crippen LogP contribution >= 0.6 is 0 Å². The second-order valence-corrected chi connectivity index (χ2v) is 4.82. The molecule has 0 fully saturated rings. The van der Waals surface area contributed by atoms with E-state index in [2.05, 4.69) is 53.0 Å². The van der Waals surface area contributed by atoms with Gasteiger partial charge in [-0.3, -0.25) is 0 Å². The fourth-order valence-corrected chi connectivity index (χ4v) is 2.34. The van der Waals surface area contributed by atoms with Gasteiger partial charge >= 0.3 is 0 Å². The number of H-pyrrole nitrogens is 1. The lowest BCUT2D eigenvalue weighted by molar-refractivity contribution is 0.445. The molecule has 98 valence electrons. The number of aromatic amines is 1. The third-order valence-electron chi connectivity index (χ3n) is 3.49. The van der Waals surface area contributed by atoms with Crippen LogP contribution in [0.1, 0.15) is 18.9 Å².